The van der Waals surface area contributed by atoms with Gasteiger partial charge in [0.15, 0.2) is 0 Å². The molecule has 6 aromatic carbocycles. The molecule has 0 amide bonds. The van der Waals surface area contributed by atoms with Gasteiger partial charge in [-0.2, -0.15) is 0 Å². The van der Waals surface area contributed by atoms with Crippen LogP contribution in [0.2, 0.25) is 0 Å². The molecule has 0 aromatic heterocycles. The second-order valence-electron chi connectivity index (χ2n) is 9.32. The van der Waals surface area contributed by atoms with E-state index in [2.05, 4.69) is 147 Å². The Morgan fingerprint density at radius 1 is 0.528 bits per heavy atom. The predicted molar refractivity (Wildman–Crippen MR) is 159 cm³/mol. The molecule has 0 saturated carbocycles. The van der Waals surface area contributed by atoms with Crippen molar-refractivity contribution in [1.82, 2.24) is 0 Å². The number of benzene rings is 5. The largest absolute Gasteiger partial charge is 0.0877 e. The highest BCUT2D eigenvalue weighted by atomic mass is 14.2. The van der Waals surface area contributed by atoms with Crippen molar-refractivity contribution >= 4 is 48.7 Å². The summed E-state index contributed by atoms with van der Waals surface area (Å²) in [5, 5.41) is 10.4. The SMILES string of the molecule is C/C=C\C=C(/C)c1ccccccc(-c2cc3cccc4ccc5cccc2c5c43)c2ccccc12. The van der Waals surface area contributed by atoms with E-state index in [4.69, 9.17) is 0 Å². The lowest BCUT2D eigenvalue weighted by atomic mass is 9.87. The Morgan fingerprint density at radius 3 is 1.97 bits per heavy atom. The molecule has 0 aliphatic carbocycles. The summed E-state index contributed by atoms with van der Waals surface area (Å²) in [7, 11) is 0. The number of hydrogen-bond acceptors (Lipinski definition) is 0. The molecule has 0 fully saturated rings. The summed E-state index contributed by atoms with van der Waals surface area (Å²) >= 11 is 0. The van der Waals surface area contributed by atoms with Crippen LogP contribution >= 0.6 is 0 Å². The van der Waals surface area contributed by atoms with Gasteiger partial charge in [0.2, 0.25) is 0 Å². The van der Waals surface area contributed by atoms with Gasteiger partial charge < -0.3 is 0 Å². The Hall–Kier alpha value is -4.42. The highest BCUT2D eigenvalue weighted by Crippen LogP contribution is 2.42. The Bertz CT molecular complexity index is 1850. The molecule has 0 heterocycles. The molecule has 36 heavy (non-hydrogen) atoms. The molecule has 0 spiro atoms. The van der Waals surface area contributed by atoms with E-state index in [0.717, 1.165) is 0 Å². The van der Waals surface area contributed by atoms with Crippen molar-refractivity contribution < 1.29 is 0 Å². The molecule has 0 nitrogen and oxygen atoms in total. The van der Waals surface area contributed by atoms with Crippen molar-refractivity contribution in [2.24, 2.45) is 0 Å². The molecule has 6 rings (SSSR count). The second-order valence-corrected chi connectivity index (χ2v) is 9.32. The van der Waals surface area contributed by atoms with Crippen LogP contribution in [0.1, 0.15) is 19.4 Å². The Balaban J connectivity index is 1.81. The molecule has 0 aliphatic heterocycles. The molecule has 0 unspecified atom stereocenters. The van der Waals surface area contributed by atoms with E-state index in [1.165, 1.54) is 65.4 Å². The first-order valence-electron chi connectivity index (χ1n) is 12.6. The zero-order chi connectivity index (χ0) is 24.5. The second kappa shape index (κ2) is 9.32. The lowest BCUT2D eigenvalue weighted by Gasteiger charge is -2.16. The monoisotopic (exact) mass is 460 g/mol. The van der Waals surface area contributed by atoms with Gasteiger partial charge in [-0.1, -0.05) is 127 Å². The summed E-state index contributed by atoms with van der Waals surface area (Å²) in [5.74, 6) is 0. The van der Waals surface area contributed by atoms with E-state index in [1.807, 2.05) is 0 Å². The fraction of sp³-hybridized carbons (Fsp3) is 0.0556. The van der Waals surface area contributed by atoms with Gasteiger partial charge in [-0.25, -0.2) is 0 Å². The van der Waals surface area contributed by atoms with Gasteiger partial charge in [-0.05, 0) is 85.3 Å². The molecule has 0 atom stereocenters. The van der Waals surface area contributed by atoms with Crippen LogP contribution in [0.25, 0.3) is 59.8 Å². The zero-order valence-electron chi connectivity index (χ0n) is 20.7. The molecule has 0 heteroatoms. The van der Waals surface area contributed by atoms with Gasteiger partial charge in [0.1, 0.15) is 0 Å². The summed E-state index contributed by atoms with van der Waals surface area (Å²) in [4.78, 5) is 0. The van der Waals surface area contributed by atoms with Gasteiger partial charge in [0.05, 0.1) is 0 Å². The van der Waals surface area contributed by atoms with Crippen molar-refractivity contribution in [3.8, 4) is 11.1 Å². The fourth-order valence-corrected chi connectivity index (χ4v) is 5.46. The molecular formula is C36H28. The Morgan fingerprint density at radius 2 is 1.17 bits per heavy atom. The maximum absolute atomic E-state index is 2.38. The van der Waals surface area contributed by atoms with Crippen molar-refractivity contribution in [2.45, 2.75) is 13.8 Å². The predicted octanol–water partition coefficient (Wildman–Crippen LogP) is 10.5. The van der Waals surface area contributed by atoms with Gasteiger partial charge in [-0.15, -0.1) is 0 Å². The third-order valence-electron chi connectivity index (χ3n) is 7.13. The molecule has 0 radical (unpaired) electrons. The van der Waals surface area contributed by atoms with Gasteiger partial charge in [-0.3, -0.25) is 0 Å². The first-order valence-corrected chi connectivity index (χ1v) is 12.6. The minimum atomic E-state index is 1.23. The molecule has 0 N–H and O–H groups in total. The summed E-state index contributed by atoms with van der Waals surface area (Å²) in [5.41, 5.74) is 4.98. The lowest BCUT2D eigenvalue weighted by molar-refractivity contribution is 1.61. The minimum absolute atomic E-state index is 1.23. The highest BCUT2D eigenvalue weighted by Gasteiger charge is 2.14. The number of hydrogen-bond donors (Lipinski definition) is 0. The normalized spacial score (nSPS) is 12.2. The summed E-state index contributed by atoms with van der Waals surface area (Å²) in [6.07, 6.45) is 6.38. The van der Waals surface area contributed by atoms with E-state index >= 15 is 0 Å². The quantitative estimate of drug-likeness (QED) is 0.182. The van der Waals surface area contributed by atoms with Crippen LogP contribution in [-0.2, 0) is 0 Å². The molecule has 0 bridgehead atoms. The van der Waals surface area contributed by atoms with Gasteiger partial charge in [0.25, 0.3) is 0 Å². The summed E-state index contributed by atoms with van der Waals surface area (Å²) in [6.45, 7) is 4.25. The first-order chi connectivity index (χ1) is 17.8. The minimum Gasteiger partial charge on any atom is -0.0877 e. The van der Waals surface area contributed by atoms with Crippen molar-refractivity contribution in [2.75, 3.05) is 0 Å². The van der Waals surface area contributed by atoms with Crippen molar-refractivity contribution in [3.63, 3.8) is 0 Å². The van der Waals surface area contributed by atoms with E-state index in [1.54, 1.807) is 0 Å². The van der Waals surface area contributed by atoms with Crippen LogP contribution in [-0.4, -0.2) is 0 Å². The maximum Gasteiger partial charge on any atom is -0.00206 e. The van der Waals surface area contributed by atoms with E-state index in [-0.39, 0.29) is 0 Å². The maximum atomic E-state index is 2.38. The average Bonchev–Trinajstić information content (AvgIpc) is 2.92. The molecule has 0 saturated heterocycles. The smallest absolute Gasteiger partial charge is 0.00206 e. The van der Waals surface area contributed by atoms with Gasteiger partial charge >= 0.3 is 0 Å². The van der Waals surface area contributed by atoms with Crippen molar-refractivity contribution in [1.29, 1.82) is 0 Å². The average molecular weight is 461 g/mol. The van der Waals surface area contributed by atoms with Crippen LogP contribution in [0, 0.1) is 0 Å². The number of allylic oxidation sites excluding steroid dienone is 4. The van der Waals surface area contributed by atoms with Crippen LogP contribution < -0.4 is 0 Å². The molecule has 6 aromatic rings. The number of rotatable bonds is 3. The topological polar surface area (TPSA) is 0 Å². The van der Waals surface area contributed by atoms with E-state index < -0.39 is 0 Å². The van der Waals surface area contributed by atoms with Crippen molar-refractivity contribution in [3.05, 3.63) is 139 Å². The number of fused-ring (bicyclic) bond motifs is 1. The van der Waals surface area contributed by atoms with E-state index in [0.29, 0.717) is 0 Å². The molecule has 0 aliphatic rings. The Labute approximate surface area is 212 Å². The van der Waals surface area contributed by atoms with Gasteiger partial charge in [0, 0.05) is 0 Å². The fourth-order valence-electron chi connectivity index (χ4n) is 5.46. The van der Waals surface area contributed by atoms with Crippen LogP contribution in [0.3, 0.4) is 0 Å². The third kappa shape index (κ3) is 3.72. The van der Waals surface area contributed by atoms with Crippen LogP contribution in [0.5, 0.6) is 0 Å². The zero-order valence-corrected chi connectivity index (χ0v) is 20.7. The summed E-state index contributed by atoms with van der Waals surface area (Å²) < 4.78 is 0. The lowest BCUT2D eigenvalue weighted by Crippen LogP contribution is -1.89. The standard InChI is InChI=1S/C36H28/c1-3-4-13-25(2)29-17-7-5-6-8-18-32(31-20-10-9-19-30(29)31)34-24-28-16-11-14-26-22-23-27-15-12-21-33(34)36(27)35(26)28/h3-24H,1-2H3/b4-3-,6-5?,7-5?,8-6?,17-7?,18-8?,25-13+,29-17?,30-29?,32-18?,32-31?. The Kier molecular flexibility index (Phi) is 5.71. The van der Waals surface area contributed by atoms with Crippen LogP contribution in [0.15, 0.2) is 133 Å². The third-order valence-corrected chi connectivity index (χ3v) is 7.13. The highest BCUT2D eigenvalue weighted by molar-refractivity contribution is 6.27. The molecular weight excluding hydrogens is 432 g/mol. The first kappa shape index (κ1) is 22.1. The molecule has 172 valence electrons. The summed E-state index contributed by atoms with van der Waals surface area (Å²) in [6, 6.07) is 42.0. The van der Waals surface area contributed by atoms with Crippen LogP contribution in [0.4, 0.5) is 0 Å². The van der Waals surface area contributed by atoms with E-state index in [9.17, 15) is 0 Å².